The lowest BCUT2D eigenvalue weighted by Gasteiger charge is -2.21. The zero-order valence-corrected chi connectivity index (χ0v) is 15.5. The largest absolute Gasteiger partial charge is 0.363 e. The van der Waals surface area contributed by atoms with Gasteiger partial charge < -0.3 is 10.5 Å². The van der Waals surface area contributed by atoms with Crippen molar-refractivity contribution in [2.45, 2.75) is 117 Å². The Balaban J connectivity index is 3.25. The molecule has 0 aromatic rings. The summed E-state index contributed by atoms with van der Waals surface area (Å²) in [6, 6.07) is 0. The first-order valence-electron chi connectivity index (χ1n) is 9.87. The van der Waals surface area contributed by atoms with Gasteiger partial charge in [0.15, 0.2) is 0 Å². The van der Waals surface area contributed by atoms with Crippen molar-refractivity contribution >= 4 is 0 Å². The molecular weight excluding hydrogens is 272 g/mol. The van der Waals surface area contributed by atoms with E-state index in [0.717, 1.165) is 19.4 Å². The van der Waals surface area contributed by atoms with Gasteiger partial charge in [0, 0.05) is 6.61 Å². The molecule has 0 fully saturated rings. The van der Waals surface area contributed by atoms with Crippen molar-refractivity contribution in [1.82, 2.24) is 5.32 Å². The maximum Gasteiger partial charge on any atom is 0.109 e. The molecule has 0 saturated heterocycles. The fourth-order valence-electron chi connectivity index (χ4n) is 2.63. The second-order valence-electron chi connectivity index (χ2n) is 6.48. The number of ether oxygens (including phenoxy) is 1. The molecule has 0 aliphatic heterocycles. The van der Waals surface area contributed by atoms with Gasteiger partial charge in [-0.2, -0.15) is 0 Å². The fraction of sp³-hybridized carbons (Fsp3) is 1.00. The van der Waals surface area contributed by atoms with E-state index < -0.39 is 0 Å². The van der Waals surface area contributed by atoms with Gasteiger partial charge >= 0.3 is 0 Å². The van der Waals surface area contributed by atoms with Crippen LogP contribution >= 0.6 is 0 Å². The summed E-state index contributed by atoms with van der Waals surface area (Å²) >= 11 is 0. The molecule has 0 heterocycles. The topological polar surface area (TPSA) is 47.3 Å². The van der Waals surface area contributed by atoms with Crippen LogP contribution in [-0.4, -0.2) is 19.0 Å². The fourth-order valence-corrected chi connectivity index (χ4v) is 2.63. The Morgan fingerprint density at radius 1 is 0.727 bits per heavy atom. The van der Waals surface area contributed by atoms with Crippen LogP contribution in [0, 0.1) is 0 Å². The third-order valence-corrected chi connectivity index (χ3v) is 4.28. The van der Waals surface area contributed by atoms with Crippen molar-refractivity contribution < 1.29 is 4.74 Å². The second-order valence-corrected chi connectivity index (χ2v) is 6.48. The number of unbranched alkanes of at least 4 members (excludes halogenated alkanes) is 10. The normalized spacial score (nSPS) is 14.2. The minimum absolute atomic E-state index is 0.0577. The van der Waals surface area contributed by atoms with Crippen molar-refractivity contribution in [2.75, 3.05) is 6.61 Å². The molecule has 0 aliphatic rings. The van der Waals surface area contributed by atoms with Gasteiger partial charge in [0.25, 0.3) is 0 Å². The molecule has 134 valence electrons. The van der Waals surface area contributed by atoms with Crippen LogP contribution in [0.25, 0.3) is 0 Å². The number of nitrogens with one attached hydrogen (secondary N) is 1. The number of hydrogen-bond acceptors (Lipinski definition) is 3. The Kier molecular flexibility index (Phi) is 17.1. The van der Waals surface area contributed by atoms with Crippen molar-refractivity contribution in [2.24, 2.45) is 5.73 Å². The van der Waals surface area contributed by atoms with Gasteiger partial charge in [0.1, 0.15) is 6.23 Å². The van der Waals surface area contributed by atoms with Crippen LogP contribution in [0.2, 0.25) is 0 Å². The Bertz CT molecular complexity index is 212. The highest BCUT2D eigenvalue weighted by Gasteiger charge is 2.08. The molecule has 2 atom stereocenters. The smallest absolute Gasteiger partial charge is 0.109 e. The molecule has 3 N–H and O–H groups in total. The molecule has 0 aromatic carbocycles. The van der Waals surface area contributed by atoms with Crippen LogP contribution < -0.4 is 11.1 Å². The molecule has 0 radical (unpaired) electrons. The van der Waals surface area contributed by atoms with Crippen LogP contribution in [0.4, 0.5) is 0 Å². The van der Waals surface area contributed by atoms with Crippen LogP contribution in [0.3, 0.4) is 0 Å². The summed E-state index contributed by atoms with van der Waals surface area (Å²) in [7, 11) is 0. The number of nitrogens with two attached hydrogens (primary N) is 1. The lowest BCUT2D eigenvalue weighted by atomic mass is 10.1. The van der Waals surface area contributed by atoms with Crippen molar-refractivity contribution in [3.05, 3.63) is 0 Å². The van der Waals surface area contributed by atoms with E-state index in [1.807, 2.05) is 0 Å². The Hall–Kier alpha value is -0.120. The predicted octanol–water partition coefficient (Wildman–Crippen LogP) is 5.33. The lowest BCUT2D eigenvalue weighted by Crippen LogP contribution is -2.44. The molecule has 0 aliphatic carbocycles. The first-order valence-corrected chi connectivity index (χ1v) is 9.87. The lowest BCUT2D eigenvalue weighted by molar-refractivity contribution is 0.0169. The van der Waals surface area contributed by atoms with Gasteiger partial charge in [-0.15, -0.1) is 0 Å². The third-order valence-electron chi connectivity index (χ3n) is 4.28. The van der Waals surface area contributed by atoms with E-state index in [1.165, 1.54) is 70.6 Å². The van der Waals surface area contributed by atoms with E-state index in [1.54, 1.807) is 0 Å². The van der Waals surface area contributed by atoms with E-state index >= 15 is 0 Å². The summed E-state index contributed by atoms with van der Waals surface area (Å²) in [5.74, 6) is 0. The highest BCUT2D eigenvalue weighted by molar-refractivity contribution is 4.60. The van der Waals surface area contributed by atoms with Gasteiger partial charge in [-0.1, -0.05) is 85.0 Å². The van der Waals surface area contributed by atoms with E-state index in [0.29, 0.717) is 0 Å². The first-order chi connectivity index (χ1) is 10.7. The molecule has 22 heavy (non-hydrogen) atoms. The SMILES string of the molecule is CCCCCCCCCCCCCOC(CC)NC(N)CC. The average molecular weight is 315 g/mol. The minimum Gasteiger partial charge on any atom is -0.363 e. The zero-order chi connectivity index (χ0) is 16.5. The average Bonchev–Trinajstić information content (AvgIpc) is 2.54. The predicted molar refractivity (Wildman–Crippen MR) is 97.9 cm³/mol. The molecule has 3 heteroatoms. The second kappa shape index (κ2) is 17.2. The maximum atomic E-state index is 5.89. The molecule has 3 nitrogen and oxygen atoms in total. The Labute approximate surface area is 139 Å². The van der Waals surface area contributed by atoms with Crippen molar-refractivity contribution in [3.8, 4) is 0 Å². The summed E-state index contributed by atoms with van der Waals surface area (Å²) in [4.78, 5) is 0. The first kappa shape index (κ1) is 21.9. The monoisotopic (exact) mass is 314 g/mol. The van der Waals surface area contributed by atoms with Crippen molar-refractivity contribution in [3.63, 3.8) is 0 Å². The molecule has 0 saturated carbocycles. The van der Waals surface area contributed by atoms with Crippen LogP contribution in [0.15, 0.2) is 0 Å². The third kappa shape index (κ3) is 14.8. The number of rotatable bonds is 17. The van der Waals surface area contributed by atoms with Crippen LogP contribution in [0.1, 0.15) is 104 Å². The highest BCUT2D eigenvalue weighted by Crippen LogP contribution is 2.11. The Morgan fingerprint density at radius 2 is 1.23 bits per heavy atom. The maximum absolute atomic E-state index is 5.89. The molecule has 0 spiro atoms. The molecule has 0 rings (SSSR count). The van der Waals surface area contributed by atoms with E-state index in [-0.39, 0.29) is 12.4 Å². The summed E-state index contributed by atoms with van der Waals surface area (Å²) in [6.07, 6.45) is 17.2. The van der Waals surface area contributed by atoms with Gasteiger partial charge in [-0.25, -0.2) is 0 Å². The zero-order valence-electron chi connectivity index (χ0n) is 15.5. The van der Waals surface area contributed by atoms with Crippen LogP contribution in [-0.2, 0) is 4.74 Å². The molecule has 0 aromatic heterocycles. The quantitative estimate of drug-likeness (QED) is 0.281. The highest BCUT2D eigenvalue weighted by atomic mass is 16.5. The summed E-state index contributed by atoms with van der Waals surface area (Å²) < 4.78 is 5.86. The number of hydrogen-bond donors (Lipinski definition) is 2. The molecule has 0 amide bonds. The molecule has 0 bridgehead atoms. The molecule has 2 unspecified atom stereocenters. The summed E-state index contributed by atoms with van der Waals surface area (Å²) in [5, 5.41) is 3.31. The van der Waals surface area contributed by atoms with E-state index in [4.69, 9.17) is 10.5 Å². The van der Waals surface area contributed by atoms with E-state index in [9.17, 15) is 0 Å². The van der Waals surface area contributed by atoms with Gasteiger partial charge in [-0.05, 0) is 19.3 Å². The summed E-state index contributed by atoms with van der Waals surface area (Å²) in [6.45, 7) is 7.37. The summed E-state index contributed by atoms with van der Waals surface area (Å²) in [5.41, 5.74) is 5.89. The Morgan fingerprint density at radius 3 is 1.68 bits per heavy atom. The van der Waals surface area contributed by atoms with E-state index in [2.05, 4.69) is 26.1 Å². The molecular formula is C19H42N2O. The van der Waals surface area contributed by atoms with Crippen molar-refractivity contribution in [1.29, 1.82) is 0 Å². The van der Waals surface area contributed by atoms with Crippen LogP contribution in [0.5, 0.6) is 0 Å². The van der Waals surface area contributed by atoms with Gasteiger partial charge in [-0.3, -0.25) is 5.32 Å². The standard InChI is InChI=1S/C19H42N2O/c1-4-7-8-9-10-11-12-13-14-15-16-17-22-19(6-3)21-18(20)5-2/h18-19,21H,4-17,20H2,1-3H3. The van der Waals surface area contributed by atoms with Gasteiger partial charge in [0.05, 0.1) is 6.17 Å². The van der Waals surface area contributed by atoms with Gasteiger partial charge in [0.2, 0.25) is 0 Å². The minimum atomic E-state index is 0.0577.